The quantitative estimate of drug-likeness (QED) is 0.432. The van der Waals surface area contributed by atoms with E-state index in [1.807, 2.05) is 48.5 Å². The molecule has 0 aliphatic rings. The molecule has 0 aliphatic carbocycles. The third kappa shape index (κ3) is 4.21. The molecule has 28 heavy (non-hydrogen) atoms. The number of aromatic nitrogens is 1. The van der Waals surface area contributed by atoms with Crippen molar-refractivity contribution in [3.8, 4) is 0 Å². The van der Waals surface area contributed by atoms with Crippen molar-refractivity contribution in [2.45, 2.75) is 10.6 Å². The number of anilines is 1. The zero-order valence-corrected chi connectivity index (χ0v) is 15.7. The fraction of sp³-hybridized carbons (Fsp3) is 0.0435. The zero-order chi connectivity index (χ0) is 19.3. The highest BCUT2D eigenvalue weighted by Gasteiger charge is 2.12. The Morgan fingerprint density at radius 3 is 2.57 bits per heavy atom. The van der Waals surface area contributed by atoms with E-state index in [-0.39, 0.29) is 11.7 Å². The molecule has 3 aromatic carbocycles. The summed E-state index contributed by atoms with van der Waals surface area (Å²) in [6, 6.07) is 23.6. The number of hydrogen-bond acceptors (Lipinski definition) is 3. The van der Waals surface area contributed by atoms with Crippen LogP contribution in [-0.2, 0) is 5.75 Å². The molecule has 0 aliphatic heterocycles. The van der Waals surface area contributed by atoms with Crippen LogP contribution in [0.4, 0.5) is 10.1 Å². The predicted octanol–water partition coefficient (Wildman–Crippen LogP) is 5.92. The maximum Gasteiger partial charge on any atom is 0.256 e. The summed E-state index contributed by atoms with van der Waals surface area (Å²) >= 11 is 1.55. The molecule has 1 N–H and O–H groups in total. The van der Waals surface area contributed by atoms with E-state index in [4.69, 9.17) is 0 Å². The van der Waals surface area contributed by atoms with Crippen molar-refractivity contribution in [1.29, 1.82) is 0 Å². The lowest BCUT2D eigenvalue weighted by Crippen LogP contribution is -2.13. The Balaban J connectivity index is 1.51. The number of carbonyl (C=O) groups is 1. The Kier molecular flexibility index (Phi) is 5.35. The minimum atomic E-state index is -0.252. The molecule has 1 aromatic heterocycles. The molecular formula is C23H17FN2OS. The van der Waals surface area contributed by atoms with Crippen LogP contribution in [0.15, 0.2) is 90.0 Å². The molecule has 4 aromatic rings. The fourth-order valence-corrected chi connectivity index (χ4v) is 3.87. The maximum atomic E-state index is 13.1. The molecule has 0 saturated heterocycles. The lowest BCUT2D eigenvalue weighted by atomic mass is 10.2. The van der Waals surface area contributed by atoms with Crippen LogP contribution < -0.4 is 5.32 Å². The minimum absolute atomic E-state index is 0.181. The number of nitrogens with zero attached hydrogens (tertiary/aromatic N) is 1. The number of amides is 1. The van der Waals surface area contributed by atoms with E-state index in [0.29, 0.717) is 17.0 Å². The number of halogens is 1. The van der Waals surface area contributed by atoms with Gasteiger partial charge in [-0.15, -0.1) is 11.8 Å². The zero-order valence-electron chi connectivity index (χ0n) is 14.9. The molecule has 0 saturated carbocycles. The first-order valence-electron chi connectivity index (χ1n) is 8.81. The first kappa shape index (κ1) is 18.2. The third-order valence-corrected chi connectivity index (χ3v) is 5.43. The molecule has 0 spiro atoms. The van der Waals surface area contributed by atoms with Crippen molar-refractivity contribution in [2.75, 3.05) is 5.32 Å². The molecule has 0 fully saturated rings. The van der Waals surface area contributed by atoms with E-state index in [1.165, 1.54) is 12.1 Å². The second-order valence-corrected chi connectivity index (χ2v) is 7.30. The van der Waals surface area contributed by atoms with Crippen LogP contribution in [0.25, 0.3) is 10.9 Å². The van der Waals surface area contributed by atoms with Crippen LogP contribution in [0.5, 0.6) is 0 Å². The van der Waals surface area contributed by atoms with Gasteiger partial charge in [0, 0.05) is 16.0 Å². The minimum Gasteiger partial charge on any atom is -0.321 e. The fourth-order valence-electron chi connectivity index (χ4n) is 2.86. The monoisotopic (exact) mass is 388 g/mol. The molecule has 5 heteroatoms. The number of rotatable bonds is 5. The lowest BCUT2D eigenvalue weighted by molar-refractivity contribution is 0.102. The molecule has 0 atom stereocenters. The Morgan fingerprint density at radius 1 is 0.964 bits per heavy atom. The van der Waals surface area contributed by atoms with E-state index in [1.54, 1.807) is 36.2 Å². The summed E-state index contributed by atoms with van der Waals surface area (Å²) in [6.07, 6.45) is 1.66. The number of hydrogen-bond donors (Lipinski definition) is 1. The molecule has 138 valence electrons. The smallest absolute Gasteiger partial charge is 0.256 e. The van der Waals surface area contributed by atoms with Crippen LogP contribution in [0, 0.1) is 5.82 Å². The van der Waals surface area contributed by atoms with Gasteiger partial charge in [0.1, 0.15) is 5.82 Å². The standard InChI is InChI=1S/C23H17FN2OS/c24-18-11-9-16(10-12-18)15-28-22-8-4-2-6-20(22)23(27)26-19-13-17-5-1-3-7-21(17)25-14-19/h1-14H,15H2,(H,26,27). The Bertz CT molecular complexity index is 1130. The molecular weight excluding hydrogens is 371 g/mol. The van der Waals surface area contributed by atoms with Gasteiger partial charge >= 0.3 is 0 Å². The van der Waals surface area contributed by atoms with Crippen molar-refractivity contribution < 1.29 is 9.18 Å². The number of para-hydroxylation sites is 1. The van der Waals surface area contributed by atoms with Gasteiger partial charge in [-0.1, -0.05) is 42.5 Å². The normalized spacial score (nSPS) is 10.8. The van der Waals surface area contributed by atoms with Crippen LogP contribution in [0.2, 0.25) is 0 Å². The third-order valence-electron chi connectivity index (χ3n) is 4.29. The number of pyridine rings is 1. The summed E-state index contributed by atoms with van der Waals surface area (Å²) in [4.78, 5) is 18.1. The SMILES string of the molecule is O=C(Nc1cnc2ccccc2c1)c1ccccc1SCc1ccc(F)cc1. The Labute approximate surface area is 166 Å². The van der Waals surface area contributed by atoms with Crippen LogP contribution in [0.3, 0.4) is 0 Å². The second kappa shape index (κ2) is 8.23. The predicted molar refractivity (Wildman–Crippen MR) is 112 cm³/mol. The highest BCUT2D eigenvalue weighted by molar-refractivity contribution is 7.98. The van der Waals surface area contributed by atoms with E-state index in [0.717, 1.165) is 21.4 Å². The molecule has 1 heterocycles. The first-order chi connectivity index (χ1) is 13.7. The van der Waals surface area contributed by atoms with Gasteiger partial charge < -0.3 is 5.32 Å². The van der Waals surface area contributed by atoms with Crippen molar-refractivity contribution in [2.24, 2.45) is 0 Å². The molecule has 4 rings (SSSR count). The molecule has 0 radical (unpaired) electrons. The summed E-state index contributed by atoms with van der Waals surface area (Å²) in [5.74, 6) is 0.221. The van der Waals surface area contributed by atoms with Crippen molar-refractivity contribution in [3.63, 3.8) is 0 Å². The van der Waals surface area contributed by atoms with Gasteiger partial charge in [0.05, 0.1) is 23.0 Å². The second-order valence-electron chi connectivity index (χ2n) is 6.28. The number of fused-ring (bicyclic) bond motifs is 1. The number of nitrogens with one attached hydrogen (secondary N) is 1. The van der Waals surface area contributed by atoms with Gasteiger partial charge in [0.15, 0.2) is 0 Å². The van der Waals surface area contributed by atoms with E-state index in [2.05, 4.69) is 10.3 Å². The van der Waals surface area contributed by atoms with E-state index < -0.39 is 0 Å². The van der Waals surface area contributed by atoms with Gasteiger partial charge in [0.2, 0.25) is 0 Å². The van der Waals surface area contributed by atoms with Crippen molar-refractivity contribution in [1.82, 2.24) is 4.98 Å². The van der Waals surface area contributed by atoms with Crippen LogP contribution >= 0.6 is 11.8 Å². The molecule has 0 bridgehead atoms. The Hall–Kier alpha value is -3.18. The van der Waals surface area contributed by atoms with E-state index >= 15 is 0 Å². The summed E-state index contributed by atoms with van der Waals surface area (Å²) in [5.41, 5.74) is 3.14. The van der Waals surface area contributed by atoms with Crippen LogP contribution in [-0.4, -0.2) is 10.9 Å². The summed E-state index contributed by atoms with van der Waals surface area (Å²) in [5, 5.41) is 3.90. The molecule has 3 nitrogen and oxygen atoms in total. The summed E-state index contributed by atoms with van der Waals surface area (Å²) < 4.78 is 13.1. The van der Waals surface area contributed by atoms with Gasteiger partial charge in [-0.2, -0.15) is 0 Å². The lowest BCUT2D eigenvalue weighted by Gasteiger charge is -2.10. The number of carbonyl (C=O) groups excluding carboxylic acids is 1. The van der Waals surface area contributed by atoms with Crippen molar-refractivity contribution in [3.05, 3.63) is 102 Å². The Morgan fingerprint density at radius 2 is 1.71 bits per heavy atom. The molecule has 1 amide bonds. The van der Waals surface area contributed by atoms with Crippen molar-refractivity contribution >= 4 is 34.3 Å². The van der Waals surface area contributed by atoms with Gasteiger partial charge in [-0.05, 0) is 42.0 Å². The van der Waals surface area contributed by atoms with E-state index in [9.17, 15) is 9.18 Å². The molecule has 0 unspecified atom stereocenters. The van der Waals surface area contributed by atoms with Gasteiger partial charge in [0.25, 0.3) is 5.91 Å². The summed E-state index contributed by atoms with van der Waals surface area (Å²) in [7, 11) is 0. The van der Waals surface area contributed by atoms with Crippen LogP contribution in [0.1, 0.15) is 15.9 Å². The average molecular weight is 388 g/mol. The largest absolute Gasteiger partial charge is 0.321 e. The first-order valence-corrected chi connectivity index (χ1v) is 9.80. The van der Waals surface area contributed by atoms with Gasteiger partial charge in [-0.25, -0.2) is 4.39 Å². The topological polar surface area (TPSA) is 42.0 Å². The van der Waals surface area contributed by atoms with Gasteiger partial charge in [-0.3, -0.25) is 9.78 Å². The highest BCUT2D eigenvalue weighted by atomic mass is 32.2. The number of thioether (sulfide) groups is 1. The highest BCUT2D eigenvalue weighted by Crippen LogP contribution is 2.27. The number of benzene rings is 3. The maximum absolute atomic E-state index is 13.1. The summed E-state index contributed by atoms with van der Waals surface area (Å²) in [6.45, 7) is 0. The average Bonchev–Trinajstić information content (AvgIpc) is 2.73.